The van der Waals surface area contributed by atoms with Crippen molar-refractivity contribution in [1.29, 1.82) is 0 Å². The van der Waals surface area contributed by atoms with E-state index < -0.39 is 0 Å². The van der Waals surface area contributed by atoms with E-state index in [1.165, 1.54) is 5.57 Å². The second-order valence-electron chi connectivity index (χ2n) is 2.47. The van der Waals surface area contributed by atoms with E-state index in [2.05, 4.69) is 29.3 Å². The van der Waals surface area contributed by atoms with Crippen LogP contribution in [0.15, 0.2) is 41.1 Å². The van der Waals surface area contributed by atoms with Crippen molar-refractivity contribution in [2.24, 2.45) is 4.99 Å². The molecule has 1 heterocycles. The summed E-state index contributed by atoms with van der Waals surface area (Å²) in [7, 11) is 0. The van der Waals surface area contributed by atoms with Crippen molar-refractivity contribution in [3.63, 3.8) is 0 Å². The molecule has 10 heavy (non-hydrogen) atoms. The highest BCUT2D eigenvalue weighted by molar-refractivity contribution is 6.10. The van der Waals surface area contributed by atoms with Gasteiger partial charge < -0.3 is 0 Å². The van der Waals surface area contributed by atoms with Gasteiger partial charge in [-0.3, -0.25) is 4.99 Å². The van der Waals surface area contributed by atoms with Crippen LogP contribution in [0.2, 0.25) is 0 Å². The molecule has 0 N–H and O–H groups in total. The van der Waals surface area contributed by atoms with Crippen LogP contribution in [0, 0.1) is 0 Å². The highest BCUT2D eigenvalue weighted by atomic mass is 14.7. The van der Waals surface area contributed by atoms with Crippen LogP contribution >= 0.6 is 0 Å². The summed E-state index contributed by atoms with van der Waals surface area (Å²) in [6.07, 6.45) is 12.6. The Labute approximate surface area is 60.5 Å². The van der Waals surface area contributed by atoms with Gasteiger partial charge in [-0.05, 0) is 24.5 Å². The van der Waals surface area contributed by atoms with Crippen LogP contribution in [-0.4, -0.2) is 5.71 Å². The molecule has 0 amide bonds. The minimum absolute atomic E-state index is 1.06. The molecule has 2 aliphatic rings. The predicted octanol–water partition coefficient (Wildman–Crippen LogP) is 2.23. The molecule has 2 rings (SSSR count). The van der Waals surface area contributed by atoms with Gasteiger partial charge >= 0.3 is 0 Å². The third kappa shape index (κ3) is 0.838. The Morgan fingerprint density at radius 3 is 3.20 bits per heavy atom. The van der Waals surface area contributed by atoms with E-state index in [4.69, 9.17) is 0 Å². The number of fused-ring (bicyclic) bond motifs is 1. The average molecular weight is 131 g/mol. The summed E-state index contributed by atoms with van der Waals surface area (Å²) in [6, 6.07) is 0. The molecule has 0 saturated carbocycles. The Morgan fingerprint density at radius 2 is 2.30 bits per heavy atom. The zero-order valence-electron chi connectivity index (χ0n) is 5.75. The van der Waals surface area contributed by atoms with Crippen LogP contribution in [-0.2, 0) is 0 Å². The van der Waals surface area contributed by atoms with Gasteiger partial charge in [-0.1, -0.05) is 18.2 Å². The smallest absolute Gasteiger partial charge is 0.0658 e. The average Bonchev–Trinajstić information content (AvgIpc) is 2.05. The van der Waals surface area contributed by atoms with Crippen molar-refractivity contribution in [2.45, 2.75) is 12.8 Å². The maximum absolute atomic E-state index is 4.23. The fourth-order valence-corrected chi connectivity index (χ4v) is 1.23. The fraction of sp³-hybridized carbons (Fsp3) is 0.222. The molecule has 0 unspecified atom stereocenters. The summed E-state index contributed by atoms with van der Waals surface area (Å²) in [5.41, 5.74) is 2.53. The number of nitrogens with zero attached hydrogens (tertiary/aromatic N) is 1. The summed E-state index contributed by atoms with van der Waals surface area (Å²) < 4.78 is 0. The van der Waals surface area contributed by atoms with Crippen molar-refractivity contribution in [3.8, 4) is 0 Å². The van der Waals surface area contributed by atoms with E-state index in [0.29, 0.717) is 0 Å². The molecule has 1 nitrogen and oxygen atoms in total. The van der Waals surface area contributed by atoms with Crippen LogP contribution in [0.25, 0.3) is 0 Å². The lowest BCUT2D eigenvalue weighted by molar-refractivity contribution is 1.20. The van der Waals surface area contributed by atoms with Gasteiger partial charge in [-0.2, -0.15) is 0 Å². The Hall–Kier alpha value is -1.11. The molecule has 0 aromatic heterocycles. The van der Waals surface area contributed by atoms with E-state index in [1.54, 1.807) is 0 Å². The quantitative estimate of drug-likeness (QED) is 0.478. The van der Waals surface area contributed by atoms with Crippen molar-refractivity contribution in [1.82, 2.24) is 0 Å². The zero-order chi connectivity index (χ0) is 6.81. The van der Waals surface area contributed by atoms with Gasteiger partial charge in [-0.25, -0.2) is 0 Å². The van der Waals surface area contributed by atoms with Gasteiger partial charge in [0.05, 0.1) is 5.71 Å². The standard InChI is InChI=1S/C9H9N/c1-2-6-9-8(4-1)5-3-7-10-9/h2-4,6-7H,1,5H2. The van der Waals surface area contributed by atoms with E-state index in [-0.39, 0.29) is 0 Å². The van der Waals surface area contributed by atoms with Gasteiger partial charge in [-0.15, -0.1) is 0 Å². The van der Waals surface area contributed by atoms with Gasteiger partial charge in [0.25, 0.3) is 0 Å². The van der Waals surface area contributed by atoms with Crippen molar-refractivity contribution < 1.29 is 0 Å². The lowest BCUT2D eigenvalue weighted by atomic mass is 9.99. The van der Waals surface area contributed by atoms with E-state index >= 15 is 0 Å². The monoisotopic (exact) mass is 131 g/mol. The molecule has 0 atom stereocenters. The van der Waals surface area contributed by atoms with Gasteiger partial charge in [0, 0.05) is 6.20 Å². The molecule has 0 saturated heterocycles. The highest BCUT2D eigenvalue weighted by Gasteiger charge is 2.06. The SMILES string of the molecule is C1=CC2=NC=CCC2=CC1. The molecule has 0 aromatic carbocycles. The van der Waals surface area contributed by atoms with E-state index in [1.807, 2.05) is 6.20 Å². The molecule has 0 radical (unpaired) electrons. The van der Waals surface area contributed by atoms with Crippen molar-refractivity contribution in [3.05, 3.63) is 36.1 Å². The van der Waals surface area contributed by atoms with Crippen LogP contribution in [0.1, 0.15) is 12.8 Å². The number of rotatable bonds is 0. The van der Waals surface area contributed by atoms with Crippen LogP contribution in [0.3, 0.4) is 0 Å². The molecular formula is C9H9N. The van der Waals surface area contributed by atoms with Crippen LogP contribution in [0.5, 0.6) is 0 Å². The van der Waals surface area contributed by atoms with Crippen molar-refractivity contribution in [2.75, 3.05) is 0 Å². The molecule has 0 spiro atoms. The van der Waals surface area contributed by atoms with Gasteiger partial charge in [0.1, 0.15) is 0 Å². The predicted molar refractivity (Wildman–Crippen MR) is 43.0 cm³/mol. The Kier molecular flexibility index (Phi) is 1.28. The van der Waals surface area contributed by atoms with E-state index in [9.17, 15) is 0 Å². The number of allylic oxidation sites excluding steroid dienone is 5. The molecule has 0 bridgehead atoms. The summed E-state index contributed by atoms with van der Waals surface area (Å²) in [6.45, 7) is 0. The van der Waals surface area contributed by atoms with Crippen LogP contribution in [0.4, 0.5) is 0 Å². The normalized spacial score (nSPS) is 21.6. The molecular weight excluding hydrogens is 122 g/mol. The summed E-state index contributed by atoms with van der Waals surface area (Å²) in [5.74, 6) is 0. The molecule has 50 valence electrons. The number of hydrogen-bond donors (Lipinski definition) is 0. The highest BCUT2D eigenvalue weighted by Crippen LogP contribution is 2.16. The Bertz CT molecular complexity index is 254. The first-order valence-corrected chi connectivity index (χ1v) is 3.55. The topological polar surface area (TPSA) is 12.4 Å². The minimum atomic E-state index is 1.06. The maximum Gasteiger partial charge on any atom is 0.0658 e. The largest absolute Gasteiger partial charge is 0.257 e. The molecule has 1 aliphatic carbocycles. The van der Waals surface area contributed by atoms with Crippen LogP contribution < -0.4 is 0 Å². The van der Waals surface area contributed by atoms with Crippen molar-refractivity contribution >= 4 is 5.71 Å². The lowest BCUT2D eigenvalue weighted by Gasteiger charge is -2.10. The molecule has 0 fully saturated rings. The summed E-state index contributed by atoms with van der Waals surface area (Å²) >= 11 is 0. The lowest BCUT2D eigenvalue weighted by Crippen LogP contribution is -2.03. The fourth-order valence-electron chi connectivity index (χ4n) is 1.23. The first kappa shape index (κ1) is 5.66. The Morgan fingerprint density at radius 1 is 1.30 bits per heavy atom. The summed E-state index contributed by atoms with van der Waals surface area (Å²) in [4.78, 5) is 4.23. The number of aliphatic imine (C=N–C) groups is 1. The third-order valence-electron chi connectivity index (χ3n) is 1.76. The zero-order valence-corrected chi connectivity index (χ0v) is 5.75. The molecule has 0 aromatic rings. The second-order valence-corrected chi connectivity index (χ2v) is 2.47. The second kappa shape index (κ2) is 2.25. The summed E-state index contributed by atoms with van der Waals surface area (Å²) in [5, 5.41) is 0. The van der Waals surface area contributed by atoms with Gasteiger partial charge in [0.2, 0.25) is 0 Å². The minimum Gasteiger partial charge on any atom is -0.257 e. The van der Waals surface area contributed by atoms with Gasteiger partial charge in [0.15, 0.2) is 0 Å². The third-order valence-corrected chi connectivity index (χ3v) is 1.76. The Balaban J connectivity index is 2.39. The first-order valence-electron chi connectivity index (χ1n) is 3.55. The first-order chi connectivity index (χ1) is 4.97. The molecule has 1 aliphatic heterocycles. The number of hydrogen-bond acceptors (Lipinski definition) is 1. The molecule has 1 heteroatoms. The van der Waals surface area contributed by atoms with E-state index in [0.717, 1.165) is 18.6 Å². The maximum atomic E-state index is 4.23.